The lowest BCUT2D eigenvalue weighted by Gasteiger charge is -2.08. The molecule has 0 radical (unpaired) electrons. The van der Waals surface area contributed by atoms with Crippen LogP contribution in [0, 0.1) is 10.1 Å². The lowest BCUT2D eigenvalue weighted by molar-refractivity contribution is -0.385. The van der Waals surface area contributed by atoms with E-state index in [1.54, 1.807) is 6.07 Å². The van der Waals surface area contributed by atoms with Crippen LogP contribution in [-0.2, 0) is 13.1 Å². The Bertz CT molecular complexity index is 1360. The van der Waals surface area contributed by atoms with Gasteiger partial charge in [-0.2, -0.15) is 5.10 Å². The van der Waals surface area contributed by atoms with Crippen LogP contribution in [0.15, 0.2) is 70.3 Å². The monoisotopic (exact) mass is 496 g/mol. The minimum absolute atomic E-state index is 0.0169. The van der Waals surface area contributed by atoms with Crippen molar-refractivity contribution >= 4 is 38.6 Å². The molecule has 0 spiro atoms. The van der Waals surface area contributed by atoms with Crippen molar-refractivity contribution in [3.63, 3.8) is 0 Å². The number of hydrogen-bond acceptors (Lipinski definition) is 6. The molecule has 4 aromatic rings. The second-order valence-corrected chi connectivity index (χ2v) is 7.85. The summed E-state index contributed by atoms with van der Waals surface area (Å²) in [6.07, 6.45) is 2.92. The third kappa shape index (κ3) is 4.42. The number of para-hydroxylation sites is 1. The van der Waals surface area contributed by atoms with Gasteiger partial charge in [0.1, 0.15) is 17.3 Å². The fourth-order valence-corrected chi connectivity index (χ4v) is 3.52. The highest BCUT2D eigenvalue weighted by atomic mass is 79.9. The number of halogens is 1. The van der Waals surface area contributed by atoms with Crippen molar-refractivity contribution in [3.8, 4) is 0 Å². The van der Waals surface area contributed by atoms with Crippen LogP contribution in [0.5, 0.6) is 0 Å². The number of benzene rings is 2. The molecule has 0 atom stereocenters. The second kappa shape index (κ2) is 9.10. The fraction of sp³-hybridized carbons (Fsp3) is 0.143. The van der Waals surface area contributed by atoms with Gasteiger partial charge in [-0.3, -0.25) is 24.3 Å². The van der Waals surface area contributed by atoms with Crippen LogP contribution < -0.4 is 10.9 Å². The Hall–Kier alpha value is -3.86. The Morgan fingerprint density at radius 3 is 2.66 bits per heavy atom. The molecule has 32 heavy (non-hydrogen) atoms. The lowest BCUT2D eigenvalue weighted by atomic mass is 10.1. The predicted octanol–water partition coefficient (Wildman–Crippen LogP) is 2.74. The smallest absolute Gasteiger partial charge is 0.282 e. The molecule has 1 N–H and O–H groups in total. The van der Waals surface area contributed by atoms with E-state index in [4.69, 9.17) is 0 Å². The number of carbonyl (C=O) groups is 1. The van der Waals surface area contributed by atoms with Crippen LogP contribution in [0.4, 0.5) is 5.69 Å². The van der Waals surface area contributed by atoms with E-state index in [0.29, 0.717) is 17.6 Å². The van der Waals surface area contributed by atoms with Gasteiger partial charge in [0.15, 0.2) is 5.65 Å². The molecule has 1 amide bonds. The maximum absolute atomic E-state index is 12.8. The van der Waals surface area contributed by atoms with Gasteiger partial charge in [0.05, 0.1) is 24.2 Å². The standard InChI is InChI=1S/C21H17BrN6O4/c22-15-7-5-14(6-8-15)12-26-13-24-19-17(21(26)30)11-25-27(19)10-9-23-20(29)16-3-1-2-4-18(16)28(31)32/h1-8,11,13H,9-10,12H2,(H,23,29). The largest absolute Gasteiger partial charge is 0.350 e. The number of aromatic nitrogens is 4. The van der Waals surface area contributed by atoms with Crippen LogP contribution in [0.2, 0.25) is 0 Å². The highest BCUT2D eigenvalue weighted by Gasteiger charge is 2.19. The topological polar surface area (TPSA) is 125 Å². The van der Waals surface area contributed by atoms with Crippen molar-refractivity contribution < 1.29 is 9.72 Å². The van der Waals surface area contributed by atoms with Crippen LogP contribution in [0.25, 0.3) is 11.0 Å². The normalized spacial score (nSPS) is 10.9. The van der Waals surface area contributed by atoms with Gasteiger partial charge in [-0.1, -0.05) is 40.2 Å². The summed E-state index contributed by atoms with van der Waals surface area (Å²) in [5.74, 6) is -0.557. The predicted molar refractivity (Wildman–Crippen MR) is 120 cm³/mol. The maximum atomic E-state index is 12.8. The van der Waals surface area contributed by atoms with Crippen LogP contribution in [0.3, 0.4) is 0 Å². The molecule has 0 bridgehead atoms. The van der Waals surface area contributed by atoms with Gasteiger partial charge in [-0.05, 0) is 23.8 Å². The number of carbonyl (C=O) groups excluding carboxylic acids is 1. The first-order valence-corrected chi connectivity index (χ1v) is 10.4. The summed E-state index contributed by atoms with van der Waals surface area (Å²) in [4.78, 5) is 40.0. The van der Waals surface area contributed by atoms with E-state index in [1.165, 1.54) is 40.0 Å². The first-order valence-electron chi connectivity index (χ1n) is 9.61. The molecule has 0 fully saturated rings. The minimum Gasteiger partial charge on any atom is -0.350 e. The zero-order chi connectivity index (χ0) is 22.7. The summed E-state index contributed by atoms with van der Waals surface area (Å²) in [7, 11) is 0. The van der Waals surface area contributed by atoms with Gasteiger partial charge >= 0.3 is 0 Å². The van der Waals surface area contributed by atoms with E-state index in [1.807, 2.05) is 24.3 Å². The highest BCUT2D eigenvalue weighted by Crippen LogP contribution is 2.17. The number of amides is 1. The number of nitro groups is 1. The molecule has 4 rings (SSSR count). The van der Waals surface area contributed by atoms with E-state index in [-0.39, 0.29) is 29.9 Å². The van der Waals surface area contributed by atoms with Crippen LogP contribution in [0.1, 0.15) is 15.9 Å². The Labute approximate surface area is 189 Å². The Balaban J connectivity index is 1.46. The zero-order valence-corrected chi connectivity index (χ0v) is 18.2. The summed E-state index contributed by atoms with van der Waals surface area (Å²) < 4.78 is 3.98. The molecule has 0 unspecified atom stereocenters. The molecule has 0 saturated carbocycles. The first kappa shape index (κ1) is 21.4. The van der Waals surface area contributed by atoms with E-state index in [2.05, 4.69) is 31.3 Å². The van der Waals surface area contributed by atoms with E-state index in [0.717, 1.165) is 10.0 Å². The molecule has 2 aromatic carbocycles. The zero-order valence-electron chi connectivity index (χ0n) is 16.6. The minimum atomic E-state index is -0.598. The van der Waals surface area contributed by atoms with Gasteiger partial charge in [0.2, 0.25) is 0 Å². The van der Waals surface area contributed by atoms with Gasteiger partial charge in [0, 0.05) is 17.1 Å². The fourth-order valence-electron chi connectivity index (χ4n) is 3.26. The molecular weight excluding hydrogens is 480 g/mol. The first-order chi connectivity index (χ1) is 15.4. The molecule has 0 saturated heterocycles. The molecule has 0 aliphatic rings. The quantitative estimate of drug-likeness (QED) is 0.309. The van der Waals surface area contributed by atoms with E-state index in [9.17, 15) is 19.7 Å². The van der Waals surface area contributed by atoms with E-state index < -0.39 is 10.8 Å². The Morgan fingerprint density at radius 2 is 1.91 bits per heavy atom. The van der Waals surface area contributed by atoms with Gasteiger partial charge in [-0.25, -0.2) is 9.67 Å². The average molecular weight is 497 g/mol. The number of nitro benzene ring substituents is 1. The third-order valence-corrected chi connectivity index (χ3v) is 5.37. The molecule has 10 nitrogen and oxygen atoms in total. The van der Waals surface area contributed by atoms with Crippen molar-refractivity contribution in [3.05, 3.63) is 97.1 Å². The number of rotatable bonds is 7. The lowest BCUT2D eigenvalue weighted by Crippen LogP contribution is -2.28. The van der Waals surface area contributed by atoms with Crippen molar-refractivity contribution in [1.82, 2.24) is 24.6 Å². The average Bonchev–Trinajstić information content (AvgIpc) is 3.20. The molecule has 162 valence electrons. The Morgan fingerprint density at radius 1 is 1.16 bits per heavy atom. The maximum Gasteiger partial charge on any atom is 0.282 e. The highest BCUT2D eigenvalue weighted by molar-refractivity contribution is 9.10. The molecule has 0 aliphatic carbocycles. The summed E-state index contributed by atoms with van der Waals surface area (Å²) in [6, 6.07) is 13.4. The van der Waals surface area contributed by atoms with Gasteiger partial charge in [-0.15, -0.1) is 0 Å². The molecule has 11 heteroatoms. The number of nitrogens with zero attached hydrogens (tertiary/aromatic N) is 5. The van der Waals surface area contributed by atoms with Crippen LogP contribution >= 0.6 is 15.9 Å². The second-order valence-electron chi connectivity index (χ2n) is 6.94. The van der Waals surface area contributed by atoms with Crippen molar-refractivity contribution in [1.29, 1.82) is 0 Å². The SMILES string of the molecule is O=C(NCCn1ncc2c(=O)n(Cc3ccc(Br)cc3)cnc21)c1ccccc1[N+](=O)[O-]. The van der Waals surface area contributed by atoms with Crippen molar-refractivity contribution in [2.24, 2.45) is 0 Å². The van der Waals surface area contributed by atoms with Gasteiger partial charge < -0.3 is 5.32 Å². The number of nitrogens with one attached hydrogen (secondary N) is 1. The summed E-state index contributed by atoms with van der Waals surface area (Å²) in [6.45, 7) is 0.788. The van der Waals surface area contributed by atoms with Crippen molar-refractivity contribution in [2.75, 3.05) is 6.54 Å². The molecule has 2 heterocycles. The number of fused-ring (bicyclic) bond motifs is 1. The molecular formula is C21H17BrN6O4. The molecule has 2 aromatic heterocycles. The summed E-state index contributed by atoms with van der Waals surface area (Å²) in [5, 5.41) is 18.3. The molecule has 0 aliphatic heterocycles. The summed E-state index contributed by atoms with van der Waals surface area (Å²) >= 11 is 3.39. The third-order valence-electron chi connectivity index (χ3n) is 4.84. The summed E-state index contributed by atoms with van der Waals surface area (Å²) in [5.41, 5.74) is 0.871. The van der Waals surface area contributed by atoms with Crippen molar-refractivity contribution in [2.45, 2.75) is 13.1 Å². The van der Waals surface area contributed by atoms with E-state index >= 15 is 0 Å². The van der Waals surface area contributed by atoms with Crippen LogP contribution in [-0.4, -0.2) is 36.7 Å². The van der Waals surface area contributed by atoms with Gasteiger partial charge in [0.25, 0.3) is 17.2 Å². The number of hydrogen-bond donors (Lipinski definition) is 1. The Kier molecular flexibility index (Phi) is 6.08.